The van der Waals surface area contributed by atoms with Crippen molar-refractivity contribution in [1.82, 2.24) is 4.90 Å². The zero-order valence-electron chi connectivity index (χ0n) is 12.2. The lowest BCUT2D eigenvalue weighted by atomic mass is 10.0. The fourth-order valence-electron chi connectivity index (χ4n) is 1.99. The number of hydrogen-bond acceptors (Lipinski definition) is 2. The molecule has 106 valence electrons. The van der Waals surface area contributed by atoms with Gasteiger partial charge in [0.2, 0.25) is 0 Å². The van der Waals surface area contributed by atoms with E-state index in [0.29, 0.717) is 0 Å². The molecular weight excluding hydrogens is 250 g/mol. The van der Waals surface area contributed by atoms with Crippen molar-refractivity contribution in [2.45, 2.75) is 6.42 Å². The van der Waals surface area contributed by atoms with Gasteiger partial charge in [0, 0.05) is 0 Å². The van der Waals surface area contributed by atoms with Crippen LogP contribution in [-0.4, -0.2) is 37.6 Å². The van der Waals surface area contributed by atoms with E-state index in [1.165, 1.54) is 22.3 Å². The van der Waals surface area contributed by atoms with Gasteiger partial charge in [0.25, 0.3) is 6.47 Å². The normalized spacial score (nSPS) is 14.3. The maximum Gasteiger partial charge on any atom is 0.290 e. The summed E-state index contributed by atoms with van der Waals surface area (Å²) < 4.78 is 0. The molecule has 0 fully saturated rings. The van der Waals surface area contributed by atoms with Crippen LogP contribution < -0.4 is 0 Å². The van der Waals surface area contributed by atoms with Crippen LogP contribution in [0.15, 0.2) is 59.7 Å². The summed E-state index contributed by atoms with van der Waals surface area (Å²) in [6.45, 7) is -0.250. The molecule has 20 heavy (non-hydrogen) atoms. The third-order valence-electron chi connectivity index (χ3n) is 2.65. The predicted octanol–water partition coefficient (Wildman–Crippen LogP) is 3.22. The predicted molar refractivity (Wildman–Crippen MR) is 83.5 cm³/mol. The van der Waals surface area contributed by atoms with Crippen LogP contribution in [0, 0.1) is 0 Å². The molecule has 0 heterocycles. The monoisotopic (exact) mass is 271 g/mol. The van der Waals surface area contributed by atoms with Gasteiger partial charge in [-0.1, -0.05) is 48.6 Å². The summed E-state index contributed by atoms with van der Waals surface area (Å²) >= 11 is 0. The van der Waals surface area contributed by atoms with Gasteiger partial charge in [-0.25, -0.2) is 0 Å². The maximum atomic E-state index is 8.36. The Labute approximate surface area is 120 Å². The minimum absolute atomic E-state index is 0.250. The summed E-state index contributed by atoms with van der Waals surface area (Å²) in [4.78, 5) is 10.4. The number of carboxylic acid groups (broad SMARTS) is 1. The van der Waals surface area contributed by atoms with Gasteiger partial charge in [-0.15, -0.1) is 0 Å². The highest BCUT2D eigenvalue weighted by atomic mass is 16.3. The number of benzene rings is 1. The minimum atomic E-state index is -0.250. The van der Waals surface area contributed by atoms with Crippen molar-refractivity contribution in [3.05, 3.63) is 65.3 Å². The first-order chi connectivity index (χ1) is 9.58. The van der Waals surface area contributed by atoms with Gasteiger partial charge in [0.1, 0.15) is 0 Å². The van der Waals surface area contributed by atoms with E-state index in [-0.39, 0.29) is 6.47 Å². The van der Waals surface area contributed by atoms with E-state index >= 15 is 0 Å². The van der Waals surface area contributed by atoms with E-state index in [0.717, 1.165) is 6.42 Å². The largest absolute Gasteiger partial charge is 0.483 e. The van der Waals surface area contributed by atoms with E-state index in [2.05, 4.69) is 48.6 Å². The second-order valence-electron chi connectivity index (χ2n) is 4.98. The van der Waals surface area contributed by atoms with Gasteiger partial charge >= 0.3 is 0 Å². The molecule has 3 heteroatoms. The number of fused-ring (bicyclic) bond motifs is 2. The van der Waals surface area contributed by atoms with E-state index in [1.807, 2.05) is 26.0 Å². The first kappa shape index (κ1) is 15.9. The van der Waals surface area contributed by atoms with Crippen molar-refractivity contribution in [2.75, 3.05) is 21.1 Å². The molecule has 1 aromatic carbocycles. The number of hydrogen-bond donors (Lipinski definition) is 1. The van der Waals surface area contributed by atoms with Crippen LogP contribution in [0.5, 0.6) is 0 Å². The van der Waals surface area contributed by atoms with Crippen LogP contribution in [0.4, 0.5) is 0 Å². The van der Waals surface area contributed by atoms with Crippen LogP contribution in [0.2, 0.25) is 0 Å². The van der Waals surface area contributed by atoms with E-state index in [1.54, 1.807) is 0 Å². The fraction of sp³-hybridized carbons (Fsp3) is 0.235. The Balaban J connectivity index is 0.000000245. The van der Waals surface area contributed by atoms with Crippen molar-refractivity contribution >= 4 is 12.0 Å². The van der Waals surface area contributed by atoms with Gasteiger partial charge in [0.15, 0.2) is 0 Å². The Morgan fingerprint density at radius 2 is 1.65 bits per heavy atom. The van der Waals surface area contributed by atoms with Crippen molar-refractivity contribution in [1.29, 1.82) is 0 Å². The quantitative estimate of drug-likeness (QED) is 0.797. The molecule has 2 bridgehead atoms. The zero-order chi connectivity index (χ0) is 15.0. The standard InChI is InChI=1S/C13H10.C3H9N.CH2O2/c1-2-4-11(5-3-1)13-9-10-6-7-12(13)8-10;1-4(2)3;2-1-3/h1-7,9H,8H2;1-3H3;1H,(H,2,3). The minimum Gasteiger partial charge on any atom is -0.483 e. The lowest BCUT2D eigenvalue weighted by Gasteiger charge is -2.03. The molecule has 0 saturated heterocycles. The highest BCUT2D eigenvalue weighted by Crippen LogP contribution is 2.39. The van der Waals surface area contributed by atoms with Crippen molar-refractivity contribution < 1.29 is 9.90 Å². The fourth-order valence-corrected chi connectivity index (χ4v) is 1.99. The van der Waals surface area contributed by atoms with Crippen molar-refractivity contribution in [2.24, 2.45) is 0 Å². The molecule has 0 aromatic heterocycles. The molecule has 0 saturated carbocycles. The number of allylic oxidation sites excluding steroid dienone is 6. The lowest BCUT2D eigenvalue weighted by Crippen LogP contribution is -1.99. The highest BCUT2D eigenvalue weighted by Gasteiger charge is 2.19. The van der Waals surface area contributed by atoms with E-state index < -0.39 is 0 Å². The second kappa shape index (κ2) is 8.12. The lowest BCUT2D eigenvalue weighted by molar-refractivity contribution is -0.122. The molecule has 1 aromatic rings. The Bertz CT molecular complexity index is 522. The maximum absolute atomic E-state index is 8.36. The first-order valence-corrected chi connectivity index (χ1v) is 6.44. The van der Waals surface area contributed by atoms with Crippen LogP contribution in [-0.2, 0) is 4.79 Å². The Morgan fingerprint density at radius 3 is 2.05 bits per heavy atom. The SMILES string of the molecule is C1=C2C=C(c3ccccc3)C(=C1)C2.CN(C)C.O=CO. The van der Waals surface area contributed by atoms with Gasteiger partial charge in [-0.3, -0.25) is 4.79 Å². The summed E-state index contributed by atoms with van der Waals surface area (Å²) in [6.07, 6.45) is 7.88. The Kier molecular flexibility index (Phi) is 6.47. The molecule has 0 aliphatic heterocycles. The molecule has 1 N–H and O–H groups in total. The van der Waals surface area contributed by atoms with E-state index in [9.17, 15) is 0 Å². The molecule has 0 unspecified atom stereocenters. The molecule has 0 amide bonds. The molecule has 0 radical (unpaired) electrons. The van der Waals surface area contributed by atoms with Gasteiger partial charge < -0.3 is 10.0 Å². The van der Waals surface area contributed by atoms with Crippen LogP contribution >= 0.6 is 0 Å². The molecule has 0 spiro atoms. The Morgan fingerprint density at radius 1 is 1.10 bits per heavy atom. The summed E-state index contributed by atoms with van der Waals surface area (Å²) in [6, 6.07) is 10.6. The third-order valence-corrected chi connectivity index (χ3v) is 2.65. The molecule has 2 aliphatic carbocycles. The average Bonchev–Trinajstić information content (AvgIpc) is 3.02. The Hall–Kier alpha value is -2.13. The first-order valence-electron chi connectivity index (χ1n) is 6.44. The smallest absolute Gasteiger partial charge is 0.290 e. The highest BCUT2D eigenvalue weighted by molar-refractivity contribution is 5.87. The molecule has 3 rings (SSSR count). The van der Waals surface area contributed by atoms with Crippen molar-refractivity contribution in [3.8, 4) is 0 Å². The van der Waals surface area contributed by atoms with Gasteiger partial charge in [-0.2, -0.15) is 0 Å². The van der Waals surface area contributed by atoms with Crippen LogP contribution in [0.25, 0.3) is 5.57 Å². The molecule has 3 nitrogen and oxygen atoms in total. The number of rotatable bonds is 1. The zero-order valence-corrected chi connectivity index (χ0v) is 12.2. The second-order valence-corrected chi connectivity index (χ2v) is 4.98. The van der Waals surface area contributed by atoms with Gasteiger partial charge in [0.05, 0.1) is 0 Å². The summed E-state index contributed by atoms with van der Waals surface area (Å²) in [7, 11) is 6.00. The van der Waals surface area contributed by atoms with Crippen molar-refractivity contribution in [3.63, 3.8) is 0 Å². The van der Waals surface area contributed by atoms with Gasteiger partial charge in [-0.05, 0) is 49.8 Å². The molecular formula is C17H21NO2. The van der Waals surface area contributed by atoms with Crippen LogP contribution in [0.3, 0.4) is 0 Å². The summed E-state index contributed by atoms with van der Waals surface area (Å²) in [5.41, 5.74) is 5.69. The van der Waals surface area contributed by atoms with E-state index in [4.69, 9.17) is 9.90 Å². The molecule has 2 aliphatic rings. The molecule has 0 atom stereocenters. The number of nitrogens with zero attached hydrogens (tertiary/aromatic N) is 1. The summed E-state index contributed by atoms with van der Waals surface area (Å²) in [5.74, 6) is 0. The summed E-state index contributed by atoms with van der Waals surface area (Å²) in [5, 5.41) is 6.89. The van der Waals surface area contributed by atoms with Crippen LogP contribution in [0.1, 0.15) is 12.0 Å². The topological polar surface area (TPSA) is 40.5 Å². The average molecular weight is 271 g/mol. The number of carbonyl (C=O) groups is 1. The third kappa shape index (κ3) is 4.86.